The van der Waals surface area contributed by atoms with Gasteiger partial charge in [0, 0.05) is 12.6 Å². The van der Waals surface area contributed by atoms with E-state index in [2.05, 4.69) is 5.32 Å². The monoisotopic (exact) mass is 240 g/mol. The van der Waals surface area contributed by atoms with Crippen molar-refractivity contribution in [1.29, 1.82) is 5.26 Å². The van der Waals surface area contributed by atoms with Crippen molar-refractivity contribution in [3.63, 3.8) is 0 Å². The van der Waals surface area contributed by atoms with E-state index in [0.717, 1.165) is 0 Å². The first-order valence-electron chi connectivity index (χ1n) is 4.78. The smallest absolute Gasteiger partial charge is 0.179 e. The van der Waals surface area contributed by atoms with Gasteiger partial charge in [0.1, 0.15) is 6.61 Å². The van der Waals surface area contributed by atoms with Crippen LogP contribution < -0.4 is 14.8 Å². The summed E-state index contributed by atoms with van der Waals surface area (Å²) in [5.41, 5.74) is 0.447. The maximum Gasteiger partial charge on any atom is 0.179 e. The number of ether oxygens (including phenoxy) is 2. The molecule has 0 heterocycles. The third kappa shape index (κ3) is 3.02. The van der Waals surface area contributed by atoms with E-state index in [1.807, 2.05) is 13.1 Å². The van der Waals surface area contributed by atoms with E-state index in [0.29, 0.717) is 35.2 Å². The van der Waals surface area contributed by atoms with Crippen LogP contribution in [-0.2, 0) is 0 Å². The topological polar surface area (TPSA) is 54.3 Å². The molecule has 16 heavy (non-hydrogen) atoms. The fourth-order valence-corrected chi connectivity index (χ4v) is 1.44. The summed E-state index contributed by atoms with van der Waals surface area (Å²) >= 11 is 5.99. The van der Waals surface area contributed by atoms with Crippen LogP contribution >= 0.6 is 11.6 Å². The van der Waals surface area contributed by atoms with Gasteiger partial charge in [-0.15, -0.1) is 0 Å². The minimum atomic E-state index is 0.381. The normalized spacial score (nSPS) is 9.62. The van der Waals surface area contributed by atoms with Crippen LogP contribution in [0.4, 0.5) is 0 Å². The maximum atomic E-state index is 8.77. The van der Waals surface area contributed by atoms with Gasteiger partial charge in [-0.3, -0.25) is 0 Å². The van der Waals surface area contributed by atoms with Gasteiger partial charge in [0.05, 0.1) is 23.8 Å². The number of hydrogen-bond donors (Lipinski definition) is 1. The van der Waals surface area contributed by atoms with Crippen molar-refractivity contribution >= 4 is 11.6 Å². The number of nitrogens with one attached hydrogen (secondary N) is 1. The first-order chi connectivity index (χ1) is 7.72. The predicted molar refractivity (Wildman–Crippen MR) is 62.1 cm³/mol. The summed E-state index contributed by atoms with van der Waals surface area (Å²) in [5, 5.41) is 12.1. The molecular formula is C11H13ClN2O2. The molecule has 1 N–H and O–H groups in total. The molecule has 0 fully saturated rings. The molecule has 0 amide bonds. The van der Waals surface area contributed by atoms with Crippen molar-refractivity contribution in [1.82, 2.24) is 5.32 Å². The highest BCUT2D eigenvalue weighted by atomic mass is 35.5. The zero-order chi connectivity index (χ0) is 12.0. The third-order valence-corrected chi connectivity index (χ3v) is 2.24. The molecule has 0 saturated heterocycles. The van der Waals surface area contributed by atoms with Crippen molar-refractivity contribution < 1.29 is 9.47 Å². The van der Waals surface area contributed by atoms with Crippen LogP contribution in [-0.4, -0.2) is 27.3 Å². The van der Waals surface area contributed by atoms with Crippen molar-refractivity contribution in [2.75, 3.05) is 27.3 Å². The number of likely N-dealkylation sites (N-methyl/N-ethyl adjacent to an activating group) is 1. The van der Waals surface area contributed by atoms with Crippen LogP contribution in [0.3, 0.4) is 0 Å². The average molecular weight is 241 g/mol. The Hall–Kier alpha value is -1.44. The summed E-state index contributed by atoms with van der Waals surface area (Å²) in [7, 11) is 3.35. The SMILES string of the molecule is CNCCOc1c(Cl)cc(C#N)cc1OC. The Balaban J connectivity index is 2.94. The Labute approximate surface area is 99.7 Å². The predicted octanol–water partition coefficient (Wildman–Crippen LogP) is 1.82. The fraction of sp³-hybridized carbons (Fsp3) is 0.364. The van der Waals surface area contributed by atoms with Crippen LogP contribution in [0.15, 0.2) is 12.1 Å². The molecular weight excluding hydrogens is 228 g/mol. The van der Waals surface area contributed by atoms with Crippen LogP contribution in [0.25, 0.3) is 0 Å². The first-order valence-corrected chi connectivity index (χ1v) is 5.15. The second kappa shape index (κ2) is 6.21. The summed E-state index contributed by atoms with van der Waals surface area (Å²) in [5.74, 6) is 0.943. The Morgan fingerprint density at radius 1 is 1.50 bits per heavy atom. The van der Waals surface area contributed by atoms with E-state index < -0.39 is 0 Å². The highest BCUT2D eigenvalue weighted by molar-refractivity contribution is 6.32. The maximum absolute atomic E-state index is 8.77. The third-order valence-electron chi connectivity index (χ3n) is 1.96. The second-order valence-corrected chi connectivity index (χ2v) is 3.46. The lowest BCUT2D eigenvalue weighted by Gasteiger charge is -2.12. The number of halogens is 1. The molecule has 0 saturated carbocycles. The summed E-state index contributed by atoms with van der Waals surface area (Å²) < 4.78 is 10.6. The average Bonchev–Trinajstić information content (AvgIpc) is 2.30. The van der Waals surface area contributed by atoms with Crippen LogP contribution in [0.1, 0.15) is 5.56 Å². The van der Waals surface area contributed by atoms with Gasteiger partial charge in [0.2, 0.25) is 0 Å². The van der Waals surface area contributed by atoms with Crippen LogP contribution in [0, 0.1) is 11.3 Å². The van der Waals surface area contributed by atoms with E-state index in [1.165, 1.54) is 7.11 Å². The van der Waals surface area contributed by atoms with Crippen molar-refractivity contribution in [2.45, 2.75) is 0 Å². The van der Waals surface area contributed by atoms with E-state index in [1.54, 1.807) is 12.1 Å². The summed E-state index contributed by atoms with van der Waals surface area (Å²) in [4.78, 5) is 0. The molecule has 0 atom stereocenters. The minimum absolute atomic E-state index is 0.381. The number of rotatable bonds is 5. The standard InChI is InChI=1S/C11H13ClN2O2/c1-14-3-4-16-11-9(12)5-8(7-13)6-10(11)15-2/h5-6,14H,3-4H2,1-2H3. The Morgan fingerprint density at radius 2 is 2.25 bits per heavy atom. The zero-order valence-electron chi connectivity index (χ0n) is 9.21. The first kappa shape index (κ1) is 12.6. The number of nitrogens with zero attached hydrogens (tertiary/aromatic N) is 1. The van der Waals surface area contributed by atoms with E-state index >= 15 is 0 Å². The van der Waals surface area contributed by atoms with Gasteiger partial charge >= 0.3 is 0 Å². The molecule has 5 heteroatoms. The van der Waals surface area contributed by atoms with Crippen molar-refractivity contribution in [3.8, 4) is 17.6 Å². The molecule has 0 spiro atoms. The number of hydrogen-bond acceptors (Lipinski definition) is 4. The molecule has 1 rings (SSSR count). The number of benzene rings is 1. The lowest BCUT2D eigenvalue weighted by Crippen LogP contribution is -2.16. The Morgan fingerprint density at radius 3 is 2.81 bits per heavy atom. The lowest BCUT2D eigenvalue weighted by atomic mass is 10.2. The summed E-state index contributed by atoms with van der Waals surface area (Å²) in [6, 6.07) is 5.16. The highest BCUT2D eigenvalue weighted by Crippen LogP contribution is 2.36. The molecule has 86 valence electrons. The number of nitriles is 1. The van der Waals surface area contributed by atoms with E-state index in [-0.39, 0.29) is 0 Å². The van der Waals surface area contributed by atoms with Gasteiger partial charge in [-0.25, -0.2) is 0 Å². The van der Waals surface area contributed by atoms with Crippen LogP contribution in [0.5, 0.6) is 11.5 Å². The van der Waals surface area contributed by atoms with Crippen LogP contribution in [0.2, 0.25) is 5.02 Å². The molecule has 0 aliphatic rings. The Kier molecular flexibility index (Phi) is 4.90. The van der Waals surface area contributed by atoms with Gasteiger partial charge < -0.3 is 14.8 Å². The lowest BCUT2D eigenvalue weighted by molar-refractivity contribution is 0.295. The van der Waals surface area contributed by atoms with Crippen molar-refractivity contribution in [2.24, 2.45) is 0 Å². The van der Waals surface area contributed by atoms with Gasteiger partial charge in [0.25, 0.3) is 0 Å². The van der Waals surface area contributed by atoms with Gasteiger partial charge in [-0.05, 0) is 13.1 Å². The largest absolute Gasteiger partial charge is 0.493 e. The highest BCUT2D eigenvalue weighted by Gasteiger charge is 2.11. The molecule has 4 nitrogen and oxygen atoms in total. The second-order valence-electron chi connectivity index (χ2n) is 3.05. The van der Waals surface area contributed by atoms with Gasteiger partial charge in [-0.2, -0.15) is 5.26 Å². The molecule has 1 aromatic rings. The van der Waals surface area contributed by atoms with Gasteiger partial charge in [0.15, 0.2) is 11.5 Å². The van der Waals surface area contributed by atoms with Crippen molar-refractivity contribution in [3.05, 3.63) is 22.7 Å². The number of methoxy groups -OCH3 is 1. The summed E-state index contributed by atoms with van der Waals surface area (Å²) in [6.45, 7) is 1.19. The minimum Gasteiger partial charge on any atom is -0.493 e. The summed E-state index contributed by atoms with van der Waals surface area (Å²) in [6.07, 6.45) is 0. The zero-order valence-corrected chi connectivity index (χ0v) is 9.97. The molecule has 0 aromatic heterocycles. The van der Waals surface area contributed by atoms with Gasteiger partial charge in [-0.1, -0.05) is 11.6 Å². The molecule has 0 unspecified atom stereocenters. The van der Waals surface area contributed by atoms with E-state index in [4.69, 9.17) is 26.3 Å². The van der Waals surface area contributed by atoms with E-state index in [9.17, 15) is 0 Å². The Bertz CT molecular complexity index is 402. The molecule has 0 aliphatic carbocycles. The fourth-order valence-electron chi connectivity index (χ4n) is 1.18. The quantitative estimate of drug-likeness (QED) is 0.798. The molecule has 1 aromatic carbocycles. The molecule has 0 bridgehead atoms. The molecule has 0 aliphatic heterocycles. The molecule has 0 radical (unpaired) electrons.